The van der Waals surface area contributed by atoms with E-state index in [0.717, 1.165) is 16.6 Å². The summed E-state index contributed by atoms with van der Waals surface area (Å²) in [7, 11) is 1.75. The van der Waals surface area contributed by atoms with Crippen molar-refractivity contribution in [3.63, 3.8) is 0 Å². The number of hydrogen-bond donors (Lipinski definition) is 1. The van der Waals surface area contributed by atoms with Crippen molar-refractivity contribution in [3.05, 3.63) is 47.0 Å². The zero-order chi connectivity index (χ0) is 18.8. The molecule has 7 heteroatoms. The molecule has 0 aliphatic rings. The van der Waals surface area contributed by atoms with Crippen molar-refractivity contribution in [2.45, 2.75) is 39.5 Å². The molecule has 0 atom stereocenters. The highest BCUT2D eigenvalue weighted by Crippen LogP contribution is 2.25. The van der Waals surface area contributed by atoms with Crippen LogP contribution in [0.5, 0.6) is 0 Å². The standard InChI is InChI=1S/C19H23FN4O2/c1-11(2)19-22-16(23-26-19)8-9-24(4)17(25)10-14-12(3)21-18-13(14)6-5-7-15(18)20/h5-7,11,21H,8-10H2,1-4H3. The van der Waals surface area contributed by atoms with Crippen LogP contribution < -0.4 is 0 Å². The lowest BCUT2D eigenvalue weighted by molar-refractivity contribution is -0.129. The van der Waals surface area contributed by atoms with Crippen LogP contribution in [0.15, 0.2) is 22.7 Å². The Bertz CT molecular complexity index is 929. The van der Waals surface area contributed by atoms with Crippen LogP contribution in [-0.2, 0) is 17.6 Å². The Kier molecular flexibility index (Phi) is 5.06. The summed E-state index contributed by atoms with van der Waals surface area (Å²) in [5.41, 5.74) is 2.09. The summed E-state index contributed by atoms with van der Waals surface area (Å²) in [4.78, 5) is 21.6. The fourth-order valence-electron chi connectivity index (χ4n) is 2.88. The molecule has 3 rings (SSSR count). The van der Waals surface area contributed by atoms with Gasteiger partial charge in [0.15, 0.2) is 5.82 Å². The van der Waals surface area contributed by atoms with Gasteiger partial charge in [0.1, 0.15) is 5.82 Å². The maximum Gasteiger partial charge on any atom is 0.229 e. The van der Waals surface area contributed by atoms with Gasteiger partial charge < -0.3 is 14.4 Å². The molecular formula is C19H23FN4O2. The molecule has 0 bridgehead atoms. The Balaban J connectivity index is 1.66. The summed E-state index contributed by atoms with van der Waals surface area (Å²) in [5.74, 6) is 1.03. The number of hydrogen-bond acceptors (Lipinski definition) is 4. The van der Waals surface area contributed by atoms with E-state index in [2.05, 4.69) is 15.1 Å². The van der Waals surface area contributed by atoms with Crippen molar-refractivity contribution >= 4 is 16.8 Å². The van der Waals surface area contributed by atoms with Gasteiger partial charge in [-0.05, 0) is 18.6 Å². The lowest BCUT2D eigenvalue weighted by atomic mass is 10.1. The first-order valence-electron chi connectivity index (χ1n) is 8.69. The molecule has 0 unspecified atom stereocenters. The second-order valence-electron chi connectivity index (χ2n) is 6.84. The molecule has 26 heavy (non-hydrogen) atoms. The lowest BCUT2D eigenvalue weighted by Crippen LogP contribution is -2.30. The molecule has 2 heterocycles. The van der Waals surface area contributed by atoms with Crippen molar-refractivity contribution in [1.82, 2.24) is 20.0 Å². The number of fused-ring (bicyclic) bond motifs is 1. The number of amides is 1. The van der Waals surface area contributed by atoms with Crippen molar-refractivity contribution in [1.29, 1.82) is 0 Å². The molecule has 2 aromatic heterocycles. The third kappa shape index (κ3) is 3.61. The van der Waals surface area contributed by atoms with Gasteiger partial charge >= 0.3 is 0 Å². The monoisotopic (exact) mass is 358 g/mol. The third-order valence-electron chi connectivity index (χ3n) is 4.51. The highest BCUT2D eigenvalue weighted by atomic mass is 19.1. The van der Waals surface area contributed by atoms with Crippen LogP contribution in [0, 0.1) is 12.7 Å². The summed E-state index contributed by atoms with van der Waals surface area (Å²) in [6.07, 6.45) is 0.745. The Labute approximate surface area is 151 Å². The van der Waals surface area contributed by atoms with Gasteiger partial charge in [-0.1, -0.05) is 31.1 Å². The van der Waals surface area contributed by atoms with Gasteiger partial charge in [0.05, 0.1) is 11.9 Å². The highest BCUT2D eigenvalue weighted by Gasteiger charge is 2.18. The molecule has 6 nitrogen and oxygen atoms in total. The summed E-state index contributed by atoms with van der Waals surface area (Å²) >= 11 is 0. The Hall–Kier alpha value is -2.70. The number of para-hydroxylation sites is 1. The first kappa shape index (κ1) is 18.1. The van der Waals surface area contributed by atoms with Crippen LogP contribution in [0.3, 0.4) is 0 Å². The minimum Gasteiger partial charge on any atom is -0.356 e. The molecule has 0 radical (unpaired) electrons. The van der Waals surface area contributed by atoms with E-state index in [1.165, 1.54) is 6.07 Å². The van der Waals surface area contributed by atoms with Gasteiger partial charge in [-0.25, -0.2) is 4.39 Å². The number of nitrogens with one attached hydrogen (secondary N) is 1. The van der Waals surface area contributed by atoms with Crippen molar-refractivity contribution in [3.8, 4) is 0 Å². The highest BCUT2D eigenvalue weighted by molar-refractivity contribution is 5.90. The molecule has 0 fully saturated rings. The van der Waals surface area contributed by atoms with Gasteiger partial charge in [0.2, 0.25) is 11.8 Å². The number of aryl methyl sites for hydroxylation is 1. The van der Waals surface area contributed by atoms with E-state index >= 15 is 0 Å². The lowest BCUT2D eigenvalue weighted by Gasteiger charge is -2.16. The van der Waals surface area contributed by atoms with Crippen LogP contribution in [0.1, 0.15) is 42.7 Å². The fourth-order valence-corrected chi connectivity index (χ4v) is 2.88. The molecule has 0 aliphatic carbocycles. The number of carbonyl (C=O) groups excluding carboxylic acids is 1. The van der Waals surface area contributed by atoms with Crippen molar-refractivity contribution in [2.24, 2.45) is 0 Å². The molecule has 1 N–H and O–H groups in total. The average Bonchev–Trinajstić information content (AvgIpc) is 3.19. The van der Waals surface area contributed by atoms with Crippen LogP contribution >= 0.6 is 0 Å². The predicted molar refractivity (Wildman–Crippen MR) is 96.4 cm³/mol. The zero-order valence-corrected chi connectivity index (χ0v) is 15.5. The van der Waals surface area contributed by atoms with E-state index in [-0.39, 0.29) is 24.1 Å². The van der Waals surface area contributed by atoms with Crippen molar-refractivity contribution < 1.29 is 13.7 Å². The number of rotatable bonds is 6. The Morgan fingerprint density at radius 2 is 2.15 bits per heavy atom. The normalized spacial score (nSPS) is 11.5. The van der Waals surface area contributed by atoms with E-state index < -0.39 is 0 Å². The second-order valence-corrected chi connectivity index (χ2v) is 6.84. The maximum absolute atomic E-state index is 13.9. The molecule has 0 spiro atoms. The van der Waals surface area contributed by atoms with Gasteiger partial charge in [0.25, 0.3) is 0 Å². The van der Waals surface area contributed by atoms with Crippen LogP contribution in [-0.4, -0.2) is 39.5 Å². The third-order valence-corrected chi connectivity index (χ3v) is 4.51. The minimum atomic E-state index is -0.310. The van der Waals surface area contributed by atoms with Crippen molar-refractivity contribution in [2.75, 3.05) is 13.6 Å². The number of nitrogens with zero attached hydrogens (tertiary/aromatic N) is 3. The number of halogens is 1. The molecule has 138 valence electrons. The minimum absolute atomic E-state index is 0.0363. The van der Waals surface area contributed by atoms with Crippen LogP contribution in [0.25, 0.3) is 10.9 Å². The summed E-state index contributed by atoms with van der Waals surface area (Å²) in [6.45, 7) is 6.32. The molecular weight excluding hydrogens is 335 g/mol. The second kappa shape index (κ2) is 7.27. The van der Waals surface area contributed by atoms with E-state index in [1.807, 2.05) is 26.8 Å². The predicted octanol–water partition coefficient (Wildman–Crippen LogP) is 3.37. The molecule has 1 aromatic carbocycles. The molecule has 1 amide bonds. The van der Waals surface area contributed by atoms with E-state index in [4.69, 9.17) is 4.52 Å². The number of likely N-dealkylation sites (N-methyl/N-ethyl adjacent to an activating group) is 1. The topological polar surface area (TPSA) is 75.0 Å². The fraction of sp³-hybridized carbons (Fsp3) is 0.421. The molecule has 0 aliphatic heterocycles. The number of aromatic nitrogens is 3. The first-order chi connectivity index (χ1) is 12.4. The van der Waals surface area contributed by atoms with E-state index in [0.29, 0.717) is 30.2 Å². The quantitative estimate of drug-likeness (QED) is 0.733. The van der Waals surface area contributed by atoms with E-state index in [1.54, 1.807) is 18.0 Å². The first-order valence-corrected chi connectivity index (χ1v) is 8.69. The zero-order valence-electron chi connectivity index (χ0n) is 15.5. The summed E-state index contributed by atoms with van der Waals surface area (Å²) in [6, 6.07) is 4.90. The Morgan fingerprint density at radius 1 is 1.38 bits per heavy atom. The van der Waals surface area contributed by atoms with Gasteiger partial charge in [-0.2, -0.15) is 4.98 Å². The smallest absolute Gasteiger partial charge is 0.229 e. The van der Waals surface area contributed by atoms with Gasteiger partial charge in [-0.3, -0.25) is 4.79 Å². The van der Waals surface area contributed by atoms with Crippen LogP contribution in [0.2, 0.25) is 0 Å². The number of carbonyl (C=O) groups is 1. The number of aromatic amines is 1. The molecule has 0 saturated heterocycles. The van der Waals surface area contributed by atoms with Gasteiger partial charge in [0, 0.05) is 37.0 Å². The van der Waals surface area contributed by atoms with Crippen LogP contribution in [0.4, 0.5) is 4.39 Å². The largest absolute Gasteiger partial charge is 0.356 e. The summed E-state index contributed by atoms with van der Waals surface area (Å²) in [5, 5.41) is 4.69. The van der Waals surface area contributed by atoms with Gasteiger partial charge in [-0.15, -0.1) is 0 Å². The SMILES string of the molecule is Cc1[nH]c2c(F)cccc2c1CC(=O)N(C)CCc1noc(C(C)C)n1. The average molecular weight is 358 g/mol. The maximum atomic E-state index is 13.9. The summed E-state index contributed by atoms with van der Waals surface area (Å²) < 4.78 is 19.1. The van der Waals surface area contributed by atoms with E-state index in [9.17, 15) is 9.18 Å². The number of H-pyrrole nitrogens is 1. The molecule has 3 aromatic rings. The number of benzene rings is 1. The Morgan fingerprint density at radius 3 is 2.85 bits per heavy atom. The molecule has 0 saturated carbocycles.